The molecule has 0 amide bonds. The third kappa shape index (κ3) is 4.03. The zero-order valence-electron chi connectivity index (χ0n) is 14.5. The molecule has 6 heteroatoms. The summed E-state index contributed by atoms with van der Waals surface area (Å²) in [7, 11) is 6.06. The lowest BCUT2D eigenvalue weighted by molar-refractivity contribution is -0.130. The van der Waals surface area contributed by atoms with E-state index in [1.54, 1.807) is 43.5 Å². The van der Waals surface area contributed by atoms with Gasteiger partial charge in [-0.15, -0.1) is 0 Å². The smallest absolute Gasteiger partial charge is 0.336 e. The Labute approximate surface area is 146 Å². The number of carboxylic acid groups (broad SMARTS) is 1. The molecule has 25 heavy (non-hydrogen) atoms. The van der Waals surface area contributed by atoms with Crippen LogP contribution < -0.4 is 18.9 Å². The monoisotopic (exact) mass is 344 g/mol. The third-order valence-electron chi connectivity index (χ3n) is 3.66. The fraction of sp³-hybridized carbons (Fsp3) is 0.211. The van der Waals surface area contributed by atoms with Crippen molar-refractivity contribution in [3.8, 4) is 23.0 Å². The number of rotatable bonds is 7. The van der Waals surface area contributed by atoms with Crippen LogP contribution in [0.5, 0.6) is 23.0 Å². The molecular formula is C19H20O6. The Kier molecular flexibility index (Phi) is 5.89. The summed E-state index contributed by atoms with van der Waals surface area (Å²) >= 11 is 0. The highest BCUT2D eigenvalue weighted by Crippen LogP contribution is 2.34. The Balaban J connectivity index is 2.67. The second-order valence-electron chi connectivity index (χ2n) is 5.04. The van der Waals surface area contributed by atoms with Gasteiger partial charge in [-0.2, -0.15) is 0 Å². The Morgan fingerprint density at radius 2 is 1.40 bits per heavy atom. The van der Waals surface area contributed by atoms with E-state index in [1.807, 2.05) is 0 Å². The lowest BCUT2D eigenvalue weighted by atomic mass is 10.0. The number of hydrogen-bond acceptors (Lipinski definition) is 5. The van der Waals surface area contributed by atoms with E-state index in [0.717, 1.165) is 0 Å². The number of ether oxygens (including phenoxy) is 4. The predicted molar refractivity (Wildman–Crippen MR) is 94.6 cm³/mol. The number of methoxy groups -OCH3 is 4. The number of benzene rings is 2. The number of carbonyl (C=O) groups is 1. The van der Waals surface area contributed by atoms with Crippen LogP contribution in [-0.4, -0.2) is 39.5 Å². The molecule has 0 heterocycles. The van der Waals surface area contributed by atoms with E-state index in [2.05, 4.69) is 0 Å². The van der Waals surface area contributed by atoms with E-state index in [1.165, 1.54) is 27.4 Å². The molecule has 0 unspecified atom stereocenters. The largest absolute Gasteiger partial charge is 0.497 e. The van der Waals surface area contributed by atoms with Gasteiger partial charge in [-0.05, 0) is 42.5 Å². The van der Waals surface area contributed by atoms with Crippen LogP contribution in [0, 0.1) is 0 Å². The Morgan fingerprint density at radius 3 is 1.92 bits per heavy atom. The summed E-state index contributed by atoms with van der Waals surface area (Å²) < 4.78 is 21.0. The minimum absolute atomic E-state index is 0.0438. The summed E-state index contributed by atoms with van der Waals surface area (Å²) in [6.07, 6.45) is 1.51. The highest BCUT2D eigenvalue weighted by Gasteiger charge is 2.18. The summed E-state index contributed by atoms with van der Waals surface area (Å²) in [5.41, 5.74) is 1.02. The zero-order chi connectivity index (χ0) is 18.4. The van der Waals surface area contributed by atoms with Crippen molar-refractivity contribution in [3.63, 3.8) is 0 Å². The van der Waals surface area contributed by atoms with Crippen LogP contribution in [0.3, 0.4) is 0 Å². The standard InChI is InChI=1S/C19H20O6/c1-22-13-5-7-17(24-3)12(9-13)10-16(19(20)21)15-11-14(23-2)6-8-18(15)25-4/h5-11H,1-4H3,(H,20,21)/b16-10-. The van der Waals surface area contributed by atoms with Gasteiger partial charge in [0.2, 0.25) is 0 Å². The molecule has 2 aromatic rings. The second kappa shape index (κ2) is 8.10. The minimum atomic E-state index is -1.10. The van der Waals surface area contributed by atoms with Crippen molar-refractivity contribution < 1.29 is 28.8 Å². The number of hydrogen-bond donors (Lipinski definition) is 1. The maximum absolute atomic E-state index is 11.9. The average molecular weight is 344 g/mol. The summed E-state index contributed by atoms with van der Waals surface area (Å²) in [5.74, 6) is 0.976. The van der Waals surface area contributed by atoms with Gasteiger partial charge in [0, 0.05) is 11.1 Å². The Bertz CT molecular complexity index is 794. The summed E-state index contributed by atoms with van der Waals surface area (Å²) in [5, 5.41) is 9.72. The normalized spacial score (nSPS) is 11.0. The van der Waals surface area contributed by atoms with Crippen molar-refractivity contribution in [2.45, 2.75) is 0 Å². The molecule has 2 rings (SSSR count). The molecule has 0 radical (unpaired) electrons. The molecule has 0 aliphatic rings. The van der Waals surface area contributed by atoms with Crippen LogP contribution in [0.15, 0.2) is 36.4 Å². The molecule has 0 aliphatic heterocycles. The van der Waals surface area contributed by atoms with E-state index < -0.39 is 5.97 Å². The van der Waals surface area contributed by atoms with Crippen molar-refractivity contribution >= 4 is 17.6 Å². The van der Waals surface area contributed by atoms with Crippen LogP contribution in [-0.2, 0) is 4.79 Å². The van der Waals surface area contributed by atoms with Crippen molar-refractivity contribution in [2.75, 3.05) is 28.4 Å². The van der Waals surface area contributed by atoms with Crippen molar-refractivity contribution in [1.82, 2.24) is 0 Å². The fourth-order valence-electron chi connectivity index (χ4n) is 2.39. The zero-order valence-corrected chi connectivity index (χ0v) is 14.5. The first kappa shape index (κ1) is 18.2. The van der Waals surface area contributed by atoms with Crippen LogP contribution >= 0.6 is 0 Å². The summed E-state index contributed by atoms with van der Waals surface area (Å²) in [4.78, 5) is 11.9. The maximum atomic E-state index is 11.9. The lowest BCUT2D eigenvalue weighted by Crippen LogP contribution is -2.03. The molecule has 0 atom stereocenters. The van der Waals surface area contributed by atoms with Gasteiger partial charge in [-0.3, -0.25) is 0 Å². The van der Waals surface area contributed by atoms with Crippen LogP contribution in [0.25, 0.3) is 11.6 Å². The van der Waals surface area contributed by atoms with E-state index >= 15 is 0 Å². The molecule has 0 aromatic heterocycles. The van der Waals surface area contributed by atoms with Gasteiger partial charge in [-0.25, -0.2) is 4.79 Å². The first-order valence-electron chi connectivity index (χ1n) is 7.43. The SMILES string of the molecule is COc1ccc(OC)c(/C=C(\C(=O)O)c2cc(OC)ccc2OC)c1. The van der Waals surface area contributed by atoms with Crippen LogP contribution in [0.4, 0.5) is 0 Å². The first-order chi connectivity index (χ1) is 12.0. The van der Waals surface area contributed by atoms with Gasteiger partial charge in [0.25, 0.3) is 0 Å². The molecule has 1 N–H and O–H groups in total. The van der Waals surface area contributed by atoms with E-state index in [9.17, 15) is 9.90 Å². The quantitative estimate of drug-likeness (QED) is 0.613. The van der Waals surface area contributed by atoms with Crippen LogP contribution in [0.2, 0.25) is 0 Å². The van der Waals surface area contributed by atoms with Gasteiger partial charge < -0.3 is 24.1 Å². The van der Waals surface area contributed by atoms with Gasteiger partial charge in [-0.1, -0.05) is 0 Å². The third-order valence-corrected chi connectivity index (χ3v) is 3.66. The fourth-order valence-corrected chi connectivity index (χ4v) is 2.39. The van der Waals surface area contributed by atoms with E-state index in [0.29, 0.717) is 34.1 Å². The van der Waals surface area contributed by atoms with Gasteiger partial charge in [0.1, 0.15) is 23.0 Å². The van der Waals surface area contributed by atoms with Crippen LogP contribution in [0.1, 0.15) is 11.1 Å². The molecular weight excluding hydrogens is 324 g/mol. The Hall–Kier alpha value is -3.15. The topological polar surface area (TPSA) is 74.2 Å². The molecule has 2 aromatic carbocycles. The molecule has 0 saturated carbocycles. The Morgan fingerprint density at radius 1 is 0.840 bits per heavy atom. The van der Waals surface area contributed by atoms with Crippen molar-refractivity contribution in [2.24, 2.45) is 0 Å². The highest BCUT2D eigenvalue weighted by atomic mass is 16.5. The van der Waals surface area contributed by atoms with Crippen molar-refractivity contribution in [3.05, 3.63) is 47.5 Å². The molecule has 0 saturated heterocycles. The van der Waals surface area contributed by atoms with E-state index in [-0.39, 0.29) is 5.57 Å². The summed E-state index contributed by atoms with van der Waals surface area (Å²) in [6.45, 7) is 0. The number of aliphatic carboxylic acids is 1. The minimum Gasteiger partial charge on any atom is -0.497 e. The van der Waals surface area contributed by atoms with Gasteiger partial charge in [0.05, 0.1) is 34.0 Å². The molecule has 132 valence electrons. The molecule has 0 aliphatic carbocycles. The maximum Gasteiger partial charge on any atom is 0.336 e. The number of carboxylic acids is 1. The van der Waals surface area contributed by atoms with Gasteiger partial charge in [0.15, 0.2) is 0 Å². The highest BCUT2D eigenvalue weighted by molar-refractivity contribution is 6.21. The average Bonchev–Trinajstić information content (AvgIpc) is 2.64. The first-order valence-corrected chi connectivity index (χ1v) is 7.43. The molecule has 0 spiro atoms. The predicted octanol–water partition coefficient (Wildman–Crippen LogP) is 3.35. The lowest BCUT2D eigenvalue weighted by Gasteiger charge is -2.13. The molecule has 0 bridgehead atoms. The summed E-state index contributed by atoms with van der Waals surface area (Å²) in [6, 6.07) is 10.1. The van der Waals surface area contributed by atoms with E-state index in [4.69, 9.17) is 18.9 Å². The second-order valence-corrected chi connectivity index (χ2v) is 5.04. The van der Waals surface area contributed by atoms with Gasteiger partial charge >= 0.3 is 5.97 Å². The molecule has 0 fully saturated rings. The molecule has 6 nitrogen and oxygen atoms in total. The van der Waals surface area contributed by atoms with Crippen molar-refractivity contribution in [1.29, 1.82) is 0 Å².